The molecular weight excluding hydrogens is 358 g/mol. The summed E-state index contributed by atoms with van der Waals surface area (Å²) in [6.07, 6.45) is 0. The molecule has 1 atom stereocenters. The smallest absolute Gasteiger partial charge is 0.325 e. The Labute approximate surface area is 164 Å². The summed E-state index contributed by atoms with van der Waals surface area (Å²) < 4.78 is 5.52. The van der Waals surface area contributed by atoms with E-state index in [0.29, 0.717) is 17.1 Å². The first kappa shape index (κ1) is 19.7. The molecule has 7 nitrogen and oxygen atoms in total. The molecule has 0 bridgehead atoms. The van der Waals surface area contributed by atoms with Gasteiger partial charge in [-0.25, -0.2) is 4.79 Å². The van der Waals surface area contributed by atoms with Gasteiger partial charge in [0.15, 0.2) is 0 Å². The van der Waals surface area contributed by atoms with Crippen molar-refractivity contribution in [3.63, 3.8) is 0 Å². The molecule has 1 saturated heterocycles. The number of nitrogens with one attached hydrogen (secondary N) is 1. The average molecular weight is 383 g/mol. The Bertz CT molecular complexity index is 919. The first-order valence-corrected chi connectivity index (χ1v) is 9.24. The Kier molecular flexibility index (Phi) is 5.02. The number of hydrogen-bond acceptors (Lipinski definition) is 4. The summed E-state index contributed by atoms with van der Waals surface area (Å²) in [5.74, 6) is 0.427. The minimum atomic E-state index is -1.26. The summed E-state index contributed by atoms with van der Waals surface area (Å²) >= 11 is 0. The van der Waals surface area contributed by atoms with Crippen molar-refractivity contribution in [1.82, 2.24) is 10.2 Å². The first-order chi connectivity index (χ1) is 13.1. The molecule has 1 fully saturated rings. The van der Waals surface area contributed by atoms with Crippen molar-refractivity contribution in [2.24, 2.45) is 0 Å². The van der Waals surface area contributed by atoms with Crippen molar-refractivity contribution in [1.29, 1.82) is 0 Å². The molecular formula is C21H25N3O4. The van der Waals surface area contributed by atoms with E-state index in [4.69, 9.17) is 4.42 Å². The normalized spacial score (nSPS) is 19.3. The highest BCUT2D eigenvalue weighted by atomic mass is 16.3. The number of anilines is 1. The summed E-state index contributed by atoms with van der Waals surface area (Å²) in [6.45, 7) is 8.60. The van der Waals surface area contributed by atoms with Crippen LogP contribution in [0.4, 0.5) is 10.5 Å². The fraction of sp³-hybridized carbons (Fsp3) is 0.381. The SMILES string of the molecule is Cc1cc(C2(C)NC(=O)N(CC(=O)N(c3ccccc3)C(C)C)C2=O)c(C)o1. The molecule has 1 aliphatic heterocycles. The number of carbonyl (C=O) groups is 3. The number of carbonyl (C=O) groups excluding carboxylic acids is 3. The zero-order valence-corrected chi connectivity index (χ0v) is 16.8. The predicted octanol–water partition coefficient (Wildman–Crippen LogP) is 3.11. The summed E-state index contributed by atoms with van der Waals surface area (Å²) in [4.78, 5) is 41.2. The molecule has 1 N–H and O–H groups in total. The van der Waals surface area contributed by atoms with Gasteiger partial charge in [-0.05, 0) is 52.8 Å². The molecule has 148 valence electrons. The second-order valence-corrected chi connectivity index (χ2v) is 7.47. The minimum Gasteiger partial charge on any atom is -0.466 e. The van der Waals surface area contributed by atoms with Crippen molar-refractivity contribution in [2.45, 2.75) is 46.2 Å². The zero-order chi connectivity index (χ0) is 20.6. The highest BCUT2D eigenvalue weighted by molar-refractivity contribution is 6.10. The van der Waals surface area contributed by atoms with Crippen LogP contribution in [-0.2, 0) is 15.1 Å². The maximum atomic E-state index is 13.1. The molecule has 2 heterocycles. The van der Waals surface area contributed by atoms with Gasteiger partial charge in [-0.3, -0.25) is 14.5 Å². The van der Waals surface area contributed by atoms with Crippen molar-refractivity contribution < 1.29 is 18.8 Å². The van der Waals surface area contributed by atoms with Crippen molar-refractivity contribution in [2.75, 3.05) is 11.4 Å². The van der Waals surface area contributed by atoms with E-state index in [2.05, 4.69) is 5.32 Å². The third kappa shape index (κ3) is 3.28. The van der Waals surface area contributed by atoms with Crippen LogP contribution in [0.3, 0.4) is 0 Å². The Morgan fingerprint density at radius 1 is 1.21 bits per heavy atom. The Morgan fingerprint density at radius 3 is 2.39 bits per heavy atom. The van der Waals surface area contributed by atoms with Gasteiger partial charge < -0.3 is 14.6 Å². The maximum absolute atomic E-state index is 13.1. The van der Waals surface area contributed by atoms with E-state index >= 15 is 0 Å². The first-order valence-electron chi connectivity index (χ1n) is 9.24. The summed E-state index contributed by atoms with van der Waals surface area (Å²) in [6, 6.07) is 10.2. The van der Waals surface area contributed by atoms with Crippen LogP contribution in [0.15, 0.2) is 40.8 Å². The molecule has 7 heteroatoms. The highest BCUT2D eigenvalue weighted by Crippen LogP contribution is 2.33. The number of nitrogens with zero attached hydrogens (tertiary/aromatic N) is 2. The Balaban J connectivity index is 1.86. The third-order valence-corrected chi connectivity index (χ3v) is 4.97. The van der Waals surface area contributed by atoms with Gasteiger partial charge in [-0.15, -0.1) is 0 Å². The Hall–Kier alpha value is -3.09. The quantitative estimate of drug-likeness (QED) is 0.804. The van der Waals surface area contributed by atoms with Gasteiger partial charge in [0, 0.05) is 17.3 Å². The van der Waals surface area contributed by atoms with Crippen LogP contribution in [-0.4, -0.2) is 35.3 Å². The molecule has 28 heavy (non-hydrogen) atoms. The lowest BCUT2D eigenvalue weighted by molar-refractivity contribution is -0.134. The number of hydrogen-bond donors (Lipinski definition) is 1. The monoisotopic (exact) mass is 383 g/mol. The van der Waals surface area contributed by atoms with E-state index < -0.39 is 17.5 Å². The molecule has 1 unspecified atom stereocenters. The van der Waals surface area contributed by atoms with Crippen LogP contribution < -0.4 is 10.2 Å². The van der Waals surface area contributed by atoms with Crippen LogP contribution in [0.5, 0.6) is 0 Å². The second-order valence-electron chi connectivity index (χ2n) is 7.47. The third-order valence-electron chi connectivity index (χ3n) is 4.97. The predicted molar refractivity (Wildman–Crippen MR) is 105 cm³/mol. The number of urea groups is 1. The van der Waals surface area contributed by atoms with Crippen LogP contribution >= 0.6 is 0 Å². The van der Waals surface area contributed by atoms with Gasteiger partial charge in [-0.1, -0.05) is 18.2 Å². The van der Waals surface area contributed by atoms with Crippen LogP contribution in [0.1, 0.15) is 37.9 Å². The van der Waals surface area contributed by atoms with E-state index in [0.717, 1.165) is 10.6 Å². The van der Waals surface area contributed by atoms with Crippen LogP contribution in [0, 0.1) is 13.8 Å². The molecule has 1 aliphatic rings. The molecule has 4 amide bonds. The van der Waals surface area contributed by atoms with Crippen molar-refractivity contribution in [3.05, 3.63) is 53.5 Å². The number of benzene rings is 1. The van der Waals surface area contributed by atoms with E-state index in [-0.39, 0.29) is 18.5 Å². The van der Waals surface area contributed by atoms with Crippen molar-refractivity contribution >= 4 is 23.5 Å². The number of imide groups is 1. The summed E-state index contributed by atoms with van der Waals surface area (Å²) in [7, 11) is 0. The summed E-state index contributed by atoms with van der Waals surface area (Å²) in [5, 5.41) is 2.72. The number of amides is 4. The van der Waals surface area contributed by atoms with E-state index in [1.807, 2.05) is 44.2 Å². The lowest BCUT2D eigenvalue weighted by Gasteiger charge is -2.28. The molecule has 3 rings (SSSR count). The second kappa shape index (κ2) is 7.14. The fourth-order valence-corrected chi connectivity index (χ4v) is 3.68. The lowest BCUT2D eigenvalue weighted by atomic mass is 9.92. The van der Waals surface area contributed by atoms with Crippen molar-refractivity contribution in [3.8, 4) is 0 Å². The number of rotatable bonds is 5. The van der Waals surface area contributed by atoms with Gasteiger partial charge in [-0.2, -0.15) is 0 Å². The molecule has 1 aromatic heterocycles. The highest BCUT2D eigenvalue weighted by Gasteiger charge is 2.51. The topological polar surface area (TPSA) is 82.9 Å². The summed E-state index contributed by atoms with van der Waals surface area (Å²) in [5.41, 5.74) is 0.0647. The van der Waals surface area contributed by atoms with Gasteiger partial charge in [0.05, 0.1) is 0 Å². The lowest BCUT2D eigenvalue weighted by Crippen LogP contribution is -2.46. The number of para-hydroxylation sites is 1. The minimum absolute atomic E-state index is 0.124. The van der Waals surface area contributed by atoms with Gasteiger partial charge >= 0.3 is 6.03 Å². The van der Waals surface area contributed by atoms with Gasteiger partial charge in [0.25, 0.3) is 5.91 Å². The fourth-order valence-electron chi connectivity index (χ4n) is 3.68. The van der Waals surface area contributed by atoms with Gasteiger partial charge in [0.2, 0.25) is 5.91 Å². The molecule has 0 radical (unpaired) electrons. The zero-order valence-electron chi connectivity index (χ0n) is 16.8. The maximum Gasteiger partial charge on any atom is 0.325 e. The number of furan rings is 1. The standard InChI is InChI=1S/C21H25N3O4/c1-13(2)24(16-9-7-6-8-10-16)18(25)12-23-19(26)21(5,22-20(23)27)17-11-14(3)28-15(17)4/h6-11,13H,12H2,1-5H3,(H,22,27). The number of aryl methyl sites for hydroxylation is 2. The molecule has 0 saturated carbocycles. The van der Waals surface area contributed by atoms with E-state index in [9.17, 15) is 14.4 Å². The molecule has 2 aromatic rings. The largest absolute Gasteiger partial charge is 0.466 e. The molecule has 0 spiro atoms. The Morgan fingerprint density at radius 2 is 1.86 bits per heavy atom. The molecule has 1 aromatic carbocycles. The van der Waals surface area contributed by atoms with Crippen LogP contribution in [0.25, 0.3) is 0 Å². The van der Waals surface area contributed by atoms with Gasteiger partial charge in [0.1, 0.15) is 23.6 Å². The van der Waals surface area contributed by atoms with Crippen LogP contribution in [0.2, 0.25) is 0 Å². The van der Waals surface area contributed by atoms with E-state index in [1.165, 1.54) is 0 Å². The average Bonchev–Trinajstić information content (AvgIpc) is 3.07. The van der Waals surface area contributed by atoms with E-state index in [1.54, 1.807) is 31.7 Å². The molecule has 0 aliphatic carbocycles.